The number of ether oxygens (including phenoxy) is 1. The average molecular weight is 229 g/mol. The van der Waals surface area contributed by atoms with Crippen molar-refractivity contribution in [2.45, 2.75) is 12.8 Å². The van der Waals surface area contributed by atoms with Gasteiger partial charge < -0.3 is 10.5 Å². The van der Waals surface area contributed by atoms with E-state index in [0.29, 0.717) is 18.3 Å². The van der Waals surface area contributed by atoms with Crippen LogP contribution in [0, 0.1) is 0 Å². The SMILES string of the molecule is Nc1cc(OCCCc2ccccc2)ncn1. The number of nitrogen functional groups attached to an aromatic ring is 1. The quantitative estimate of drug-likeness (QED) is 0.797. The highest BCUT2D eigenvalue weighted by molar-refractivity contribution is 5.30. The molecule has 0 spiro atoms. The molecule has 88 valence electrons. The lowest BCUT2D eigenvalue weighted by Crippen LogP contribution is -2.02. The van der Waals surface area contributed by atoms with Crippen molar-refractivity contribution < 1.29 is 4.74 Å². The first-order valence-corrected chi connectivity index (χ1v) is 5.59. The van der Waals surface area contributed by atoms with Crippen molar-refractivity contribution in [3.05, 3.63) is 48.3 Å². The van der Waals surface area contributed by atoms with Crippen molar-refractivity contribution in [1.82, 2.24) is 9.97 Å². The molecule has 0 aliphatic rings. The Labute approximate surface area is 100 Å². The first-order chi connectivity index (χ1) is 8.34. The summed E-state index contributed by atoms with van der Waals surface area (Å²) in [6, 6.07) is 12.0. The van der Waals surface area contributed by atoms with Crippen molar-refractivity contribution in [2.75, 3.05) is 12.3 Å². The summed E-state index contributed by atoms with van der Waals surface area (Å²) in [5.41, 5.74) is 6.84. The third kappa shape index (κ3) is 3.75. The summed E-state index contributed by atoms with van der Waals surface area (Å²) in [6.07, 6.45) is 3.36. The van der Waals surface area contributed by atoms with Crippen LogP contribution in [0.5, 0.6) is 5.88 Å². The summed E-state index contributed by atoms with van der Waals surface area (Å²) >= 11 is 0. The Kier molecular flexibility index (Phi) is 3.91. The molecule has 0 bridgehead atoms. The maximum atomic E-state index is 5.52. The van der Waals surface area contributed by atoms with Crippen molar-refractivity contribution in [3.63, 3.8) is 0 Å². The molecule has 0 unspecified atom stereocenters. The molecule has 2 N–H and O–H groups in total. The molecule has 17 heavy (non-hydrogen) atoms. The van der Waals surface area contributed by atoms with Crippen LogP contribution in [-0.4, -0.2) is 16.6 Å². The summed E-state index contributed by atoms with van der Waals surface area (Å²) in [5, 5.41) is 0. The molecule has 2 rings (SSSR count). The number of rotatable bonds is 5. The van der Waals surface area contributed by atoms with Crippen LogP contribution in [0.3, 0.4) is 0 Å². The Morgan fingerprint density at radius 1 is 1.12 bits per heavy atom. The normalized spacial score (nSPS) is 10.1. The smallest absolute Gasteiger partial charge is 0.218 e. The van der Waals surface area contributed by atoms with Gasteiger partial charge in [0.15, 0.2) is 0 Å². The molecule has 4 nitrogen and oxygen atoms in total. The van der Waals surface area contributed by atoms with Crippen LogP contribution in [0.25, 0.3) is 0 Å². The molecule has 0 atom stereocenters. The molecule has 2 aromatic rings. The Hall–Kier alpha value is -2.10. The number of anilines is 1. The number of aromatic nitrogens is 2. The van der Waals surface area contributed by atoms with Crippen LogP contribution in [0.15, 0.2) is 42.7 Å². The highest BCUT2D eigenvalue weighted by Crippen LogP contribution is 2.09. The van der Waals surface area contributed by atoms with E-state index in [1.54, 1.807) is 6.07 Å². The van der Waals surface area contributed by atoms with E-state index >= 15 is 0 Å². The number of nitrogens with two attached hydrogens (primary N) is 1. The van der Waals surface area contributed by atoms with Crippen LogP contribution in [-0.2, 0) is 6.42 Å². The van der Waals surface area contributed by atoms with Gasteiger partial charge in [-0.3, -0.25) is 0 Å². The first-order valence-electron chi connectivity index (χ1n) is 5.59. The van der Waals surface area contributed by atoms with Gasteiger partial charge in [-0.1, -0.05) is 30.3 Å². The monoisotopic (exact) mass is 229 g/mol. The minimum absolute atomic E-state index is 0.429. The van der Waals surface area contributed by atoms with Crippen LogP contribution in [0.1, 0.15) is 12.0 Å². The van der Waals surface area contributed by atoms with Gasteiger partial charge >= 0.3 is 0 Å². The fourth-order valence-corrected chi connectivity index (χ4v) is 1.53. The number of hydrogen-bond donors (Lipinski definition) is 1. The Morgan fingerprint density at radius 3 is 2.71 bits per heavy atom. The standard InChI is InChI=1S/C13H15N3O/c14-12-9-13(16-10-15-12)17-8-4-7-11-5-2-1-3-6-11/h1-3,5-6,9-10H,4,7-8H2,(H2,14,15,16). The molecule has 1 aromatic carbocycles. The lowest BCUT2D eigenvalue weighted by atomic mass is 10.1. The second kappa shape index (κ2) is 5.84. The zero-order chi connectivity index (χ0) is 11.9. The molecule has 0 aliphatic carbocycles. The van der Waals surface area contributed by atoms with Gasteiger partial charge in [-0.05, 0) is 18.4 Å². The van der Waals surface area contributed by atoms with Crippen LogP contribution < -0.4 is 10.5 Å². The van der Waals surface area contributed by atoms with E-state index in [1.807, 2.05) is 18.2 Å². The molecule has 1 heterocycles. The fourth-order valence-electron chi connectivity index (χ4n) is 1.53. The molecule has 0 aliphatic heterocycles. The van der Waals surface area contributed by atoms with Crippen molar-refractivity contribution in [3.8, 4) is 5.88 Å². The lowest BCUT2D eigenvalue weighted by molar-refractivity contribution is 0.299. The van der Waals surface area contributed by atoms with Gasteiger partial charge in [-0.25, -0.2) is 9.97 Å². The number of hydrogen-bond acceptors (Lipinski definition) is 4. The summed E-state index contributed by atoms with van der Waals surface area (Å²) in [7, 11) is 0. The van der Waals surface area contributed by atoms with E-state index in [9.17, 15) is 0 Å². The van der Waals surface area contributed by atoms with Crippen LogP contribution in [0.4, 0.5) is 5.82 Å². The number of nitrogens with zero attached hydrogens (tertiary/aromatic N) is 2. The molecular formula is C13H15N3O. The van der Waals surface area contributed by atoms with Crippen molar-refractivity contribution in [2.24, 2.45) is 0 Å². The summed E-state index contributed by atoms with van der Waals surface area (Å²) in [5.74, 6) is 0.962. The fraction of sp³-hybridized carbons (Fsp3) is 0.231. The van der Waals surface area contributed by atoms with Gasteiger partial charge in [0, 0.05) is 6.07 Å². The Balaban J connectivity index is 1.73. The predicted molar refractivity (Wildman–Crippen MR) is 66.7 cm³/mol. The second-order valence-corrected chi connectivity index (χ2v) is 3.72. The van der Waals surface area contributed by atoms with Gasteiger partial charge in [0.25, 0.3) is 0 Å². The largest absolute Gasteiger partial charge is 0.478 e. The summed E-state index contributed by atoms with van der Waals surface area (Å²) < 4.78 is 5.48. The van der Waals surface area contributed by atoms with Crippen LogP contribution in [0.2, 0.25) is 0 Å². The maximum Gasteiger partial charge on any atom is 0.218 e. The van der Waals surface area contributed by atoms with Gasteiger partial charge in [0.2, 0.25) is 5.88 Å². The molecule has 0 radical (unpaired) electrons. The molecule has 0 fully saturated rings. The minimum Gasteiger partial charge on any atom is -0.478 e. The van der Waals surface area contributed by atoms with Gasteiger partial charge in [0.1, 0.15) is 12.1 Å². The number of benzene rings is 1. The third-order valence-corrected chi connectivity index (χ3v) is 2.37. The van der Waals surface area contributed by atoms with Crippen molar-refractivity contribution in [1.29, 1.82) is 0 Å². The molecule has 1 aromatic heterocycles. The minimum atomic E-state index is 0.429. The van der Waals surface area contributed by atoms with E-state index < -0.39 is 0 Å². The Morgan fingerprint density at radius 2 is 1.94 bits per heavy atom. The predicted octanol–water partition coefficient (Wildman–Crippen LogP) is 2.07. The van der Waals surface area contributed by atoms with E-state index in [2.05, 4.69) is 22.1 Å². The van der Waals surface area contributed by atoms with E-state index in [-0.39, 0.29) is 0 Å². The first kappa shape index (κ1) is 11.4. The van der Waals surface area contributed by atoms with Gasteiger partial charge in [-0.15, -0.1) is 0 Å². The molecule has 0 saturated heterocycles. The second-order valence-electron chi connectivity index (χ2n) is 3.72. The molecule has 4 heteroatoms. The maximum absolute atomic E-state index is 5.52. The number of aryl methyl sites for hydroxylation is 1. The zero-order valence-corrected chi connectivity index (χ0v) is 9.54. The topological polar surface area (TPSA) is 61.0 Å². The van der Waals surface area contributed by atoms with E-state index in [0.717, 1.165) is 12.8 Å². The zero-order valence-electron chi connectivity index (χ0n) is 9.54. The highest BCUT2D eigenvalue weighted by atomic mass is 16.5. The molecular weight excluding hydrogens is 214 g/mol. The molecule has 0 amide bonds. The lowest BCUT2D eigenvalue weighted by Gasteiger charge is -2.05. The van der Waals surface area contributed by atoms with Gasteiger partial charge in [0.05, 0.1) is 6.61 Å². The summed E-state index contributed by atoms with van der Waals surface area (Å²) in [6.45, 7) is 0.630. The Bertz CT molecular complexity index is 459. The van der Waals surface area contributed by atoms with Crippen molar-refractivity contribution >= 4 is 5.82 Å². The average Bonchev–Trinajstić information content (AvgIpc) is 2.36. The highest BCUT2D eigenvalue weighted by Gasteiger charge is 1.97. The van der Waals surface area contributed by atoms with Gasteiger partial charge in [-0.2, -0.15) is 0 Å². The van der Waals surface area contributed by atoms with Crippen LogP contribution >= 0.6 is 0 Å². The van der Waals surface area contributed by atoms with E-state index in [4.69, 9.17) is 10.5 Å². The molecule has 0 saturated carbocycles. The third-order valence-electron chi connectivity index (χ3n) is 2.37. The van der Waals surface area contributed by atoms with E-state index in [1.165, 1.54) is 11.9 Å². The summed E-state index contributed by atoms with van der Waals surface area (Å²) in [4.78, 5) is 7.77.